The summed E-state index contributed by atoms with van der Waals surface area (Å²) in [6, 6.07) is 3.77. The molecule has 0 radical (unpaired) electrons. The third-order valence-electron chi connectivity index (χ3n) is 3.55. The summed E-state index contributed by atoms with van der Waals surface area (Å²) in [5, 5.41) is 12.5. The number of aliphatic hydroxyl groups is 1. The van der Waals surface area contributed by atoms with E-state index >= 15 is 0 Å². The molecular weight excluding hydrogens is 302 g/mol. The van der Waals surface area contributed by atoms with E-state index in [0.29, 0.717) is 4.88 Å². The van der Waals surface area contributed by atoms with Crippen LogP contribution in [0.15, 0.2) is 15.9 Å². The third-order valence-corrected chi connectivity index (χ3v) is 5.17. The van der Waals surface area contributed by atoms with Gasteiger partial charge in [-0.05, 0) is 40.9 Å². The molecule has 2 N–H and O–H groups in total. The first-order chi connectivity index (χ1) is 8.05. The molecule has 5 heteroatoms. The smallest absolute Gasteiger partial charge is 0.261 e. The average Bonchev–Trinajstić information content (AvgIpc) is 2.87. The summed E-state index contributed by atoms with van der Waals surface area (Å²) in [6.45, 7) is 2.17. The first-order valence-electron chi connectivity index (χ1n) is 5.72. The summed E-state index contributed by atoms with van der Waals surface area (Å²) in [5.74, 6) is -0.0349. The third kappa shape index (κ3) is 2.72. The van der Waals surface area contributed by atoms with E-state index in [0.717, 1.165) is 23.0 Å². The molecule has 1 amide bonds. The number of nitrogens with one attached hydrogen (secondary N) is 1. The van der Waals surface area contributed by atoms with Gasteiger partial charge >= 0.3 is 0 Å². The van der Waals surface area contributed by atoms with Crippen LogP contribution in [0.25, 0.3) is 0 Å². The van der Waals surface area contributed by atoms with Gasteiger partial charge in [0, 0.05) is 11.5 Å². The van der Waals surface area contributed by atoms with Crippen LogP contribution in [-0.4, -0.2) is 23.7 Å². The number of rotatable bonds is 3. The maximum absolute atomic E-state index is 12.0. The van der Waals surface area contributed by atoms with E-state index in [9.17, 15) is 9.90 Å². The summed E-state index contributed by atoms with van der Waals surface area (Å²) in [4.78, 5) is 12.7. The lowest BCUT2D eigenvalue weighted by atomic mass is 9.86. The number of hydrogen-bond acceptors (Lipinski definition) is 3. The van der Waals surface area contributed by atoms with E-state index in [1.165, 1.54) is 11.3 Å². The predicted octanol–water partition coefficient (Wildman–Crippen LogP) is 2.79. The molecule has 2 atom stereocenters. The second-order valence-electron chi connectivity index (χ2n) is 4.83. The van der Waals surface area contributed by atoms with Gasteiger partial charge in [0.1, 0.15) is 0 Å². The Morgan fingerprint density at radius 3 is 3.06 bits per heavy atom. The predicted molar refractivity (Wildman–Crippen MR) is 72.3 cm³/mol. The van der Waals surface area contributed by atoms with Crippen LogP contribution in [0.5, 0.6) is 0 Å². The number of carbonyl (C=O) groups is 1. The van der Waals surface area contributed by atoms with Gasteiger partial charge < -0.3 is 10.4 Å². The zero-order valence-electron chi connectivity index (χ0n) is 9.70. The maximum Gasteiger partial charge on any atom is 0.261 e. The fraction of sp³-hybridized carbons (Fsp3) is 0.583. The van der Waals surface area contributed by atoms with Crippen molar-refractivity contribution in [1.29, 1.82) is 0 Å². The van der Waals surface area contributed by atoms with Gasteiger partial charge in [-0.15, -0.1) is 11.3 Å². The van der Waals surface area contributed by atoms with Crippen molar-refractivity contribution in [1.82, 2.24) is 5.32 Å². The van der Waals surface area contributed by atoms with Gasteiger partial charge in [0.15, 0.2) is 0 Å². The highest BCUT2D eigenvalue weighted by Gasteiger charge is 2.39. The number of hydrogen-bond donors (Lipinski definition) is 2. The van der Waals surface area contributed by atoms with Crippen LogP contribution in [0.3, 0.4) is 0 Å². The van der Waals surface area contributed by atoms with E-state index in [1.54, 1.807) is 0 Å². The Labute approximate surface area is 113 Å². The number of carbonyl (C=O) groups excluding carboxylic acids is 1. The summed E-state index contributed by atoms with van der Waals surface area (Å²) in [6.07, 6.45) is 2.99. The van der Waals surface area contributed by atoms with Gasteiger partial charge in [-0.3, -0.25) is 4.79 Å². The van der Waals surface area contributed by atoms with Gasteiger partial charge in [0.25, 0.3) is 5.91 Å². The van der Waals surface area contributed by atoms with E-state index in [2.05, 4.69) is 21.2 Å². The molecule has 2 rings (SSSR count). The van der Waals surface area contributed by atoms with Crippen LogP contribution in [0.4, 0.5) is 0 Å². The molecular formula is C12H16BrNO2S. The molecule has 1 aliphatic carbocycles. The molecule has 1 heterocycles. The summed E-state index contributed by atoms with van der Waals surface area (Å²) < 4.78 is 0.957. The Morgan fingerprint density at radius 2 is 2.47 bits per heavy atom. The summed E-state index contributed by atoms with van der Waals surface area (Å²) in [5.41, 5.74) is -0.163. The minimum atomic E-state index is -0.163. The summed E-state index contributed by atoms with van der Waals surface area (Å²) in [7, 11) is 0. The second-order valence-corrected chi connectivity index (χ2v) is 7.30. The standard InChI is InChI=1S/C12H16BrNO2S/c1-12(7-15)6-2-3-9(12)14-11(16)8-4-5-10(13)17-8/h4-5,9,15H,2-3,6-7H2,1H3,(H,14,16). The molecule has 17 heavy (non-hydrogen) atoms. The van der Waals surface area contributed by atoms with Crippen molar-refractivity contribution in [2.75, 3.05) is 6.61 Å². The van der Waals surface area contributed by atoms with E-state index in [4.69, 9.17) is 0 Å². The van der Waals surface area contributed by atoms with Crippen LogP contribution in [-0.2, 0) is 0 Å². The molecule has 0 saturated heterocycles. The lowest BCUT2D eigenvalue weighted by molar-refractivity contribution is 0.0834. The zero-order valence-corrected chi connectivity index (χ0v) is 12.1. The zero-order chi connectivity index (χ0) is 12.5. The molecule has 1 aromatic heterocycles. The van der Waals surface area contributed by atoms with Crippen molar-refractivity contribution in [2.24, 2.45) is 5.41 Å². The Kier molecular flexibility index (Phi) is 3.90. The van der Waals surface area contributed by atoms with Gasteiger partial charge in [-0.1, -0.05) is 13.3 Å². The number of thiophene rings is 1. The SMILES string of the molecule is CC1(CO)CCCC1NC(=O)c1ccc(Br)s1. The molecule has 0 bridgehead atoms. The van der Waals surface area contributed by atoms with Crippen molar-refractivity contribution in [3.05, 3.63) is 20.8 Å². The van der Waals surface area contributed by atoms with Crippen LogP contribution in [0, 0.1) is 5.41 Å². The van der Waals surface area contributed by atoms with Crippen molar-refractivity contribution in [2.45, 2.75) is 32.2 Å². The molecule has 1 fully saturated rings. The van der Waals surface area contributed by atoms with Gasteiger partial charge in [-0.2, -0.15) is 0 Å². The maximum atomic E-state index is 12.0. The van der Waals surface area contributed by atoms with Crippen LogP contribution < -0.4 is 5.32 Å². The van der Waals surface area contributed by atoms with Crippen molar-refractivity contribution in [3.63, 3.8) is 0 Å². The molecule has 1 saturated carbocycles. The lowest BCUT2D eigenvalue weighted by Crippen LogP contribution is -2.44. The average molecular weight is 318 g/mol. The van der Waals surface area contributed by atoms with E-state index in [-0.39, 0.29) is 24.0 Å². The number of aliphatic hydroxyl groups excluding tert-OH is 1. The summed E-state index contributed by atoms with van der Waals surface area (Å²) >= 11 is 4.78. The van der Waals surface area contributed by atoms with E-state index < -0.39 is 0 Å². The fourth-order valence-corrected chi connectivity index (χ4v) is 3.62. The number of halogens is 1. The van der Waals surface area contributed by atoms with Gasteiger partial charge in [0.05, 0.1) is 15.3 Å². The van der Waals surface area contributed by atoms with Crippen molar-refractivity contribution >= 4 is 33.2 Å². The Bertz CT molecular complexity index is 420. The monoisotopic (exact) mass is 317 g/mol. The molecule has 0 aromatic carbocycles. The van der Waals surface area contributed by atoms with Crippen LogP contribution in [0.2, 0.25) is 0 Å². The highest BCUT2D eigenvalue weighted by molar-refractivity contribution is 9.11. The van der Waals surface area contributed by atoms with Gasteiger partial charge in [-0.25, -0.2) is 0 Å². The molecule has 0 aliphatic heterocycles. The second kappa shape index (κ2) is 5.08. The highest BCUT2D eigenvalue weighted by Crippen LogP contribution is 2.37. The lowest BCUT2D eigenvalue weighted by Gasteiger charge is -2.29. The van der Waals surface area contributed by atoms with Gasteiger partial charge in [0.2, 0.25) is 0 Å². The minimum absolute atomic E-state index is 0.0349. The minimum Gasteiger partial charge on any atom is -0.396 e. The normalized spacial score (nSPS) is 28.3. The van der Waals surface area contributed by atoms with Crippen molar-refractivity contribution in [3.8, 4) is 0 Å². The molecule has 0 spiro atoms. The highest BCUT2D eigenvalue weighted by atomic mass is 79.9. The first kappa shape index (κ1) is 13.1. The van der Waals surface area contributed by atoms with Crippen LogP contribution >= 0.6 is 27.3 Å². The Balaban J connectivity index is 2.04. The van der Waals surface area contributed by atoms with Crippen LogP contribution in [0.1, 0.15) is 35.9 Å². The molecule has 2 unspecified atom stereocenters. The molecule has 3 nitrogen and oxygen atoms in total. The number of amides is 1. The quantitative estimate of drug-likeness (QED) is 0.900. The fourth-order valence-electron chi connectivity index (χ4n) is 2.33. The molecule has 1 aliphatic rings. The molecule has 94 valence electrons. The first-order valence-corrected chi connectivity index (χ1v) is 7.33. The molecule has 1 aromatic rings. The van der Waals surface area contributed by atoms with Crippen molar-refractivity contribution < 1.29 is 9.90 Å². The Hall–Kier alpha value is -0.390. The Morgan fingerprint density at radius 1 is 1.71 bits per heavy atom. The van der Waals surface area contributed by atoms with E-state index in [1.807, 2.05) is 19.1 Å². The largest absolute Gasteiger partial charge is 0.396 e. The topological polar surface area (TPSA) is 49.3 Å².